The monoisotopic (exact) mass is 357 g/mol. The van der Waals surface area contributed by atoms with E-state index in [0.717, 1.165) is 11.5 Å². The number of pyridine rings is 1. The number of aromatic nitrogens is 3. The first-order valence-electron chi connectivity index (χ1n) is 8.47. The SMILES string of the molecule is Cc1cc(N(C)C)nc([C@@H]2COCCN2C(=O)COc2cccnc2)n1. The van der Waals surface area contributed by atoms with Gasteiger partial charge in [-0.05, 0) is 19.1 Å². The molecule has 1 aliphatic heterocycles. The number of nitrogens with zero attached hydrogens (tertiary/aromatic N) is 5. The van der Waals surface area contributed by atoms with Gasteiger partial charge in [0.2, 0.25) is 0 Å². The van der Waals surface area contributed by atoms with E-state index in [0.29, 0.717) is 31.3 Å². The average molecular weight is 357 g/mol. The quantitative estimate of drug-likeness (QED) is 0.796. The highest BCUT2D eigenvalue weighted by Crippen LogP contribution is 2.24. The number of aryl methyl sites for hydroxylation is 1. The molecule has 0 aromatic carbocycles. The van der Waals surface area contributed by atoms with E-state index in [1.807, 2.05) is 32.0 Å². The van der Waals surface area contributed by atoms with Crippen LogP contribution in [0.5, 0.6) is 5.75 Å². The van der Waals surface area contributed by atoms with Gasteiger partial charge >= 0.3 is 0 Å². The van der Waals surface area contributed by atoms with E-state index in [1.54, 1.807) is 29.4 Å². The van der Waals surface area contributed by atoms with Crippen molar-refractivity contribution in [1.82, 2.24) is 19.9 Å². The lowest BCUT2D eigenvalue weighted by Crippen LogP contribution is -2.46. The van der Waals surface area contributed by atoms with Crippen molar-refractivity contribution in [3.05, 3.63) is 42.1 Å². The van der Waals surface area contributed by atoms with Crippen LogP contribution in [0.1, 0.15) is 17.6 Å². The zero-order valence-electron chi connectivity index (χ0n) is 15.3. The van der Waals surface area contributed by atoms with Crippen molar-refractivity contribution < 1.29 is 14.3 Å². The van der Waals surface area contributed by atoms with Crippen molar-refractivity contribution in [3.8, 4) is 5.75 Å². The van der Waals surface area contributed by atoms with Crippen molar-refractivity contribution in [2.24, 2.45) is 0 Å². The number of hydrogen-bond donors (Lipinski definition) is 0. The summed E-state index contributed by atoms with van der Waals surface area (Å²) in [5, 5.41) is 0. The van der Waals surface area contributed by atoms with Gasteiger partial charge in [0.15, 0.2) is 12.4 Å². The molecule has 1 atom stereocenters. The Morgan fingerprint density at radius 2 is 2.27 bits per heavy atom. The molecule has 0 spiro atoms. The van der Waals surface area contributed by atoms with Crippen LogP contribution in [-0.2, 0) is 9.53 Å². The maximum absolute atomic E-state index is 12.7. The summed E-state index contributed by atoms with van der Waals surface area (Å²) in [4.78, 5) is 29.5. The van der Waals surface area contributed by atoms with Crippen molar-refractivity contribution in [2.45, 2.75) is 13.0 Å². The maximum Gasteiger partial charge on any atom is 0.261 e. The van der Waals surface area contributed by atoms with Crippen molar-refractivity contribution in [2.75, 3.05) is 45.4 Å². The number of anilines is 1. The Morgan fingerprint density at radius 3 is 3.00 bits per heavy atom. The minimum Gasteiger partial charge on any atom is -0.482 e. The van der Waals surface area contributed by atoms with Gasteiger partial charge in [-0.25, -0.2) is 9.97 Å². The summed E-state index contributed by atoms with van der Waals surface area (Å²) in [5.41, 5.74) is 0.850. The highest BCUT2D eigenvalue weighted by Gasteiger charge is 2.31. The minimum absolute atomic E-state index is 0.0610. The third-order valence-electron chi connectivity index (χ3n) is 4.06. The number of amides is 1. The Kier molecular flexibility index (Phi) is 5.62. The summed E-state index contributed by atoms with van der Waals surface area (Å²) in [6, 6.07) is 5.11. The predicted molar refractivity (Wildman–Crippen MR) is 96.1 cm³/mol. The third kappa shape index (κ3) is 4.26. The number of rotatable bonds is 5. The molecule has 3 rings (SSSR count). The van der Waals surface area contributed by atoms with E-state index >= 15 is 0 Å². The molecule has 0 radical (unpaired) electrons. The standard InChI is InChI=1S/C18H23N5O3/c1-13-9-16(22(2)3)21-18(20-13)15-11-25-8-7-23(15)17(24)12-26-14-5-4-6-19-10-14/h4-6,9-10,15H,7-8,11-12H2,1-3H3/t15-/m0/s1. The second kappa shape index (κ2) is 8.09. The van der Waals surface area contributed by atoms with Gasteiger partial charge < -0.3 is 19.3 Å². The van der Waals surface area contributed by atoms with E-state index < -0.39 is 0 Å². The first-order chi connectivity index (χ1) is 12.5. The Bertz CT molecular complexity index is 754. The number of morpholine rings is 1. The highest BCUT2D eigenvalue weighted by atomic mass is 16.5. The molecule has 8 heteroatoms. The van der Waals surface area contributed by atoms with Crippen LogP contribution < -0.4 is 9.64 Å². The molecule has 1 amide bonds. The van der Waals surface area contributed by atoms with E-state index in [2.05, 4.69) is 15.0 Å². The first kappa shape index (κ1) is 18.1. The van der Waals surface area contributed by atoms with Gasteiger partial charge in [-0.15, -0.1) is 0 Å². The number of hydrogen-bond acceptors (Lipinski definition) is 7. The zero-order chi connectivity index (χ0) is 18.5. The molecule has 1 aliphatic rings. The smallest absolute Gasteiger partial charge is 0.261 e. The lowest BCUT2D eigenvalue weighted by atomic mass is 10.2. The molecule has 0 aliphatic carbocycles. The second-order valence-corrected chi connectivity index (χ2v) is 6.28. The molecule has 2 aromatic heterocycles. The van der Waals surface area contributed by atoms with Gasteiger partial charge in [0.25, 0.3) is 5.91 Å². The molecular weight excluding hydrogens is 334 g/mol. The molecule has 26 heavy (non-hydrogen) atoms. The number of carbonyl (C=O) groups is 1. The molecule has 0 bridgehead atoms. The molecular formula is C18H23N5O3. The Balaban J connectivity index is 1.76. The van der Waals surface area contributed by atoms with Crippen LogP contribution in [0.25, 0.3) is 0 Å². The molecule has 3 heterocycles. The van der Waals surface area contributed by atoms with Gasteiger partial charge in [-0.3, -0.25) is 9.78 Å². The molecule has 138 valence electrons. The minimum atomic E-state index is -0.327. The predicted octanol–water partition coefficient (Wildman–Crippen LogP) is 1.22. The Labute approximate surface area is 152 Å². The average Bonchev–Trinajstić information content (AvgIpc) is 2.66. The van der Waals surface area contributed by atoms with Crippen LogP contribution in [0, 0.1) is 6.92 Å². The molecule has 0 unspecified atom stereocenters. The lowest BCUT2D eigenvalue weighted by molar-refractivity contribution is -0.142. The van der Waals surface area contributed by atoms with E-state index in [1.165, 1.54) is 0 Å². The number of carbonyl (C=O) groups excluding carboxylic acids is 1. The van der Waals surface area contributed by atoms with E-state index in [9.17, 15) is 4.79 Å². The maximum atomic E-state index is 12.7. The summed E-state index contributed by atoms with van der Waals surface area (Å²) in [5.74, 6) is 1.83. The largest absolute Gasteiger partial charge is 0.482 e. The Morgan fingerprint density at radius 1 is 1.42 bits per heavy atom. The first-order valence-corrected chi connectivity index (χ1v) is 8.47. The summed E-state index contributed by atoms with van der Waals surface area (Å²) >= 11 is 0. The second-order valence-electron chi connectivity index (χ2n) is 6.28. The summed E-state index contributed by atoms with van der Waals surface area (Å²) in [6.07, 6.45) is 3.24. The Hall–Kier alpha value is -2.74. The van der Waals surface area contributed by atoms with Gasteiger partial charge in [0.1, 0.15) is 17.6 Å². The molecule has 2 aromatic rings. The van der Waals surface area contributed by atoms with Gasteiger partial charge in [0.05, 0.1) is 19.4 Å². The van der Waals surface area contributed by atoms with Crippen LogP contribution in [0.15, 0.2) is 30.6 Å². The molecule has 0 N–H and O–H groups in total. The van der Waals surface area contributed by atoms with E-state index in [4.69, 9.17) is 9.47 Å². The summed E-state index contributed by atoms with van der Waals surface area (Å²) in [7, 11) is 3.85. The van der Waals surface area contributed by atoms with Gasteiger partial charge in [-0.2, -0.15) is 0 Å². The van der Waals surface area contributed by atoms with Crippen molar-refractivity contribution >= 4 is 11.7 Å². The molecule has 8 nitrogen and oxygen atoms in total. The van der Waals surface area contributed by atoms with Crippen LogP contribution in [0.2, 0.25) is 0 Å². The fourth-order valence-corrected chi connectivity index (χ4v) is 2.73. The fourth-order valence-electron chi connectivity index (χ4n) is 2.73. The highest BCUT2D eigenvalue weighted by molar-refractivity contribution is 5.78. The van der Waals surface area contributed by atoms with Crippen LogP contribution in [0.3, 0.4) is 0 Å². The van der Waals surface area contributed by atoms with Gasteiger partial charge in [-0.1, -0.05) is 0 Å². The third-order valence-corrected chi connectivity index (χ3v) is 4.06. The van der Waals surface area contributed by atoms with Gasteiger partial charge in [0, 0.05) is 38.6 Å². The van der Waals surface area contributed by atoms with Crippen LogP contribution in [-0.4, -0.2) is 66.2 Å². The lowest BCUT2D eigenvalue weighted by Gasteiger charge is -2.34. The normalized spacial score (nSPS) is 17.0. The fraction of sp³-hybridized carbons (Fsp3) is 0.444. The van der Waals surface area contributed by atoms with Crippen molar-refractivity contribution in [1.29, 1.82) is 0 Å². The van der Waals surface area contributed by atoms with Crippen LogP contribution >= 0.6 is 0 Å². The summed E-state index contributed by atoms with van der Waals surface area (Å²) in [6.45, 7) is 3.19. The topological polar surface area (TPSA) is 80.7 Å². The van der Waals surface area contributed by atoms with Crippen LogP contribution in [0.4, 0.5) is 5.82 Å². The molecule has 1 saturated heterocycles. The van der Waals surface area contributed by atoms with E-state index in [-0.39, 0.29) is 18.6 Å². The molecule has 1 fully saturated rings. The number of ether oxygens (including phenoxy) is 2. The zero-order valence-corrected chi connectivity index (χ0v) is 15.3. The van der Waals surface area contributed by atoms with Crippen molar-refractivity contribution in [3.63, 3.8) is 0 Å². The molecule has 0 saturated carbocycles. The summed E-state index contributed by atoms with van der Waals surface area (Å²) < 4.78 is 11.1.